The highest BCUT2D eigenvalue weighted by atomic mass is 19.1. The van der Waals surface area contributed by atoms with E-state index in [0.29, 0.717) is 0 Å². The van der Waals surface area contributed by atoms with Crippen molar-refractivity contribution in [2.75, 3.05) is 0 Å². The third kappa shape index (κ3) is 2.67. The van der Waals surface area contributed by atoms with Gasteiger partial charge in [0.05, 0.1) is 12.4 Å². The van der Waals surface area contributed by atoms with Gasteiger partial charge in [0.1, 0.15) is 23.0 Å². The van der Waals surface area contributed by atoms with Crippen molar-refractivity contribution in [3.63, 3.8) is 0 Å². The molecule has 0 aromatic carbocycles. The van der Waals surface area contributed by atoms with Gasteiger partial charge < -0.3 is 0 Å². The van der Waals surface area contributed by atoms with Gasteiger partial charge in [-0.3, -0.25) is 19.6 Å². The number of allylic oxidation sites excluding steroid dienone is 2. The minimum atomic E-state index is -0.549. The van der Waals surface area contributed by atoms with E-state index in [4.69, 9.17) is 0 Å². The van der Waals surface area contributed by atoms with E-state index in [1.165, 1.54) is 24.3 Å². The molecule has 2 heterocycles. The smallest absolute Gasteiger partial charge is 0.185 e. The van der Waals surface area contributed by atoms with Crippen LogP contribution in [0.2, 0.25) is 0 Å². The lowest BCUT2D eigenvalue weighted by atomic mass is 9.76. The number of halogens is 2. The lowest BCUT2D eigenvalue weighted by Crippen LogP contribution is -2.34. The number of carbonyl (C=O) groups is 2. The fourth-order valence-electron chi connectivity index (χ4n) is 3.92. The molecule has 2 aliphatic rings. The molecular weight excluding hydrogens is 326 g/mol. The molecule has 4 rings (SSSR count). The van der Waals surface area contributed by atoms with Gasteiger partial charge in [-0.1, -0.05) is 12.2 Å². The molecule has 1 saturated carbocycles. The topological polar surface area (TPSA) is 59.9 Å². The first-order chi connectivity index (χ1) is 12.0. The van der Waals surface area contributed by atoms with Crippen LogP contribution in [-0.4, -0.2) is 21.5 Å². The molecule has 0 N–H and O–H groups in total. The van der Waals surface area contributed by atoms with Gasteiger partial charge in [-0.05, 0) is 42.5 Å². The molecule has 25 heavy (non-hydrogen) atoms. The van der Waals surface area contributed by atoms with Gasteiger partial charge >= 0.3 is 0 Å². The number of Topliss-reactive ketones (excluding diaryl/α,β-unsaturated/α-hetero) is 2. The molecule has 2 aliphatic carbocycles. The van der Waals surface area contributed by atoms with Gasteiger partial charge in [0.25, 0.3) is 0 Å². The van der Waals surface area contributed by atoms with Crippen LogP contribution in [0.25, 0.3) is 0 Å². The lowest BCUT2D eigenvalue weighted by molar-refractivity contribution is 0.0746. The van der Waals surface area contributed by atoms with Crippen LogP contribution in [0.4, 0.5) is 8.78 Å². The Kier molecular flexibility index (Phi) is 3.75. The minimum absolute atomic E-state index is 0.0428. The van der Waals surface area contributed by atoms with Gasteiger partial charge in [0.15, 0.2) is 11.6 Å². The molecule has 4 nitrogen and oxygen atoms in total. The summed E-state index contributed by atoms with van der Waals surface area (Å²) in [7, 11) is 0. The van der Waals surface area contributed by atoms with E-state index >= 15 is 0 Å². The van der Waals surface area contributed by atoms with E-state index in [1.54, 1.807) is 0 Å². The molecule has 0 spiro atoms. The summed E-state index contributed by atoms with van der Waals surface area (Å²) in [5.41, 5.74) is 0.300. The molecule has 4 unspecified atom stereocenters. The molecule has 0 amide bonds. The summed E-state index contributed by atoms with van der Waals surface area (Å²) in [6.45, 7) is 0. The van der Waals surface area contributed by atoms with Crippen LogP contribution in [0.15, 0.2) is 48.8 Å². The van der Waals surface area contributed by atoms with Crippen molar-refractivity contribution in [2.45, 2.75) is 6.42 Å². The Balaban J connectivity index is 1.67. The third-order valence-corrected chi connectivity index (χ3v) is 5.02. The summed E-state index contributed by atoms with van der Waals surface area (Å²) in [4.78, 5) is 33.5. The number of fused-ring (bicyclic) bond motifs is 2. The third-order valence-electron chi connectivity index (χ3n) is 5.02. The van der Waals surface area contributed by atoms with Gasteiger partial charge in [-0.25, -0.2) is 8.78 Å². The maximum atomic E-state index is 13.1. The fourth-order valence-corrected chi connectivity index (χ4v) is 3.92. The monoisotopic (exact) mass is 340 g/mol. The van der Waals surface area contributed by atoms with E-state index in [9.17, 15) is 18.4 Å². The first-order valence-electron chi connectivity index (χ1n) is 8.04. The number of hydrogen-bond donors (Lipinski definition) is 0. The zero-order chi connectivity index (χ0) is 17.6. The SMILES string of the molecule is O=C(c1ccc(F)cn1)C1C2C=CC(C2)C1C(=O)c1ccc(F)cn1. The van der Waals surface area contributed by atoms with E-state index in [1.807, 2.05) is 12.2 Å². The second-order valence-electron chi connectivity index (χ2n) is 6.45. The fraction of sp³-hybridized carbons (Fsp3) is 0.263. The Labute approximate surface area is 142 Å². The summed E-state index contributed by atoms with van der Waals surface area (Å²) in [6.07, 6.45) is 6.62. The van der Waals surface area contributed by atoms with E-state index < -0.39 is 23.5 Å². The van der Waals surface area contributed by atoms with Crippen LogP contribution >= 0.6 is 0 Å². The number of hydrogen-bond acceptors (Lipinski definition) is 4. The minimum Gasteiger partial charge on any atom is -0.292 e. The van der Waals surface area contributed by atoms with Crippen molar-refractivity contribution in [1.29, 1.82) is 0 Å². The zero-order valence-electron chi connectivity index (χ0n) is 13.1. The number of pyridine rings is 2. The van der Waals surface area contributed by atoms with Crippen molar-refractivity contribution >= 4 is 11.6 Å². The maximum Gasteiger partial charge on any atom is 0.185 e. The number of rotatable bonds is 4. The Morgan fingerprint density at radius 2 is 1.24 bits per heavy atom. The van der Waals surface area contributed by atoms with Crippen LogP contribution in [0.3, 0.4) is 0 Å². The normalized spacial score (nSPS) is 26.8. The Morgan fingerprint density at radius 1 is 0.800 bits per heavy atom. The van der Waals surface area contributed by atoms with Crippen molar-refractivity contribution in [3.8, 4) is 0 Å². The zero-order valence-corrected chi connectivity index (χ0v) is 13.1. The number of nitrogens with zero attached hydrogens (tertiary/aromatic N) is 2. The quantitative estimate of drug-likeness (QED) is 0.633. The molecule has 2 bridgehead atoms. The van der Waals surface area contributed by atoms with Crippen molar-refractivity contribution in [2.24, 2.45) is 23.7 Å². The summed E-state index contributed by atoms with van der Waals surface area (Å²) in [5.74, 6) is -2.76. The molecule has 1 fully saturated rings. The van der Waals surface area contributed by atoms with Crippen LogP contribution in [-0.2, 0) is 0 Å². The largest absolute Gasteiger partial charge is 0.292 e. The predicted molar refractivity (Wildman–Crippen MR) is 84.8 cm³/mol. The Hall–Kier alpha value is -2.76. The first kappa shape index (κ1) is 15.7. The molecule has 0 radical (unpaired) electrons. The van der Waals surface area contributed by atoms with E-state index in [2.05, 4.69) is 9.97 Å². The highest BCUT2D eigenvalue weighted by molar-refractivity contribution is 6.04. The van der Waals surface area contributed by atoms with E-state index in [-0.39, 0.29) is 34.8 Å². The number of ketones is 2. The summed E-state index contributed by atoms with van der Waals surface area (Å²) >= 11 is 0. The number of carbonyl (C=O) groups excluding carboxylic acids is 2. The standard InChI is InChI=1S/C19H14F2N2O2/c20-12-3-5-14(22-8-12)18(24)16-10-1-2-11(7-10)17(16)19(25)15-6-4-13(21)9-23-15/h1-6,8-11,16-17H,7H2. The van der Waals surface area contributed by atoms with Crippen LogP contribution in [0.5, 0.6) is 0 Å². The average Bonchev–Trinajstić information content (AvgIpc) is 3.23. The van der Waals surface area contributed by atoms with Crippen molar-refractivity contribution in [3.05, 3.63) is 71.8 Å². The van der Waals surface area contributed by atoms with Gasteiger partial charge in [0.2, 0.25) is 0 Å². The average molecular weight is 340 g/mol. The molecule has 2 aromatic heterocycles. The van der Waals surface area contributed by atoms with Crippen LogP contribution in [0, 0.1) is 35.3 Å². The summed E-state index contributed by atoms with van der Waals surface area (Å²) in [6, 6.07) is 5.04. The van der Waals surface area contributed by atoms with Crippen molar-refractivity contribution in [1.82, 2.24) is 9.97 Å². The molecular formula is C19H14F2N2O2. The van der Waals surface area contributed by atoms with Gasteiger partial charge in [0, 0.05) is 11.8 Å². The highest BCUT2D eigenvalue weighted by Gasteiger charge is 2.51. The van der Waals surface area contributed by atoms with E-state index in [0.717, 1.165) is 18.8 Å². The summed E-state index contributed by atoms with van der Waals surface area (Å²) < 4.78 is 26.1. The first-order valence-corrected chi connectivity index (χ1v) is 8.04. The molecule has 6 heteroatoms. The van der Waals surface area contributed by atoms with Gasteiger partial charge in [-0.15, -0.1) is 0 Å². The second-order valence-corrected chi connectivity index (χ2v) is 6.45. The molecule has 0 saturated heterocycles. The van der Waals surface area contributed by atoms with Crippen LogP contribution < -0.4 is 0 Å². The number of aromatic nitrogens is 2. The Bertz CT molecular complexity index is 790. The van der Waals surface area contributed by atoms with Gasteiger partial charge in [-0.2, -0.15) is 0 Å². The maximum absolute atomic E-state index is 13.1. The second kappa shape index (κ2) is 5.95. The lowest BCUT2D eigenvalue weighted by Gasteiger charge is -2.25. The predicted octanol–water partition coefficient (Wildman–Crippen LogP) is 3.26. The molecule has 4 atom stereocenters. The highest BCUT2D eigenvalue weighted by Crippen LogP contribution is 2.50. The molecule has 126 valence electrons. The molecule has 0 aliphatic heterocycles. The summed E-state index contributed by atoms with van der Waals surface area (Å²) in [5, 5.41) is 0. The molecule has 2 aromatic rings. The van der Waals surface area contributed by atoms with Crippen LogP contribution in [0.1, 0.15) is 27.4 Å². The van der Waals surface area contributed by atoms with Crippen molar-refractivity contribution < 1.29 is 18.4 Å². The Morgan fingerprint density at radius 3 is 1.60 bits per heavy atom.